The average molecular weight is 294 g/mol. The Kier molecular flexibility index (Phi) is 6.00. The van der Waals surface area contributed by atoms with E-state index in [1.165, 1.54) is 6.42 Å². The highest BCUT2D eigenvalue weighted by molar-refractivity contribution is 5.54. The molecular weight excluding hydrogens is 267 g/mol. The molecule has 0 aliphatic carbocycles. The molecule has 0 saturated carbocycles. The first-order chi connectivity index (χ1) is 10.1. The molecule has 3 nitrogen and oxygen atoms in total. The van der Waals surface area contributed by atoms with E-state index >= 15 is 0 Å². The molecule has 1 saturated heterocycles. The van der Waals surface area contributed by atoms with E-state index in [4.69, 9.17) is 10.5 Å². The van der Waals surface area contributed by atoms with Gasteiger partial charge in [0.05, 0.1) is 6.61 Å². The lowest BCUT2D eigenvalue weighted by Crippen LogP contribution is -2.38. The van der Waals surface area contributed by atoms with Gasteiger partial charge < -0.3 is 15.4 Å². The smallest absolute Gasteiger partial charge is 0.123 e. The number of ether oxygens (including phenoxy) is 1. The molecule has 118 valence electrons. The van der Waals surface area contributed by atoms with Crippen molar-refractivity contribution in [2.75, 3.05) is 31.7 Å². The number of rotatable bonds is 6. The first kappa shape index (κ1) is 16.2. The minimum atomic E-state index is -0.178. The van der Waals surface area contributed by atoms with E-state index in [9.17, 15) is 4.39 Å². The summed E-state index contributed by atoms with van der Waals surface area (Å²) in [6.07, 6.45) is 4.00. The third-order valence-corrected chi connectivity index (χ3v) is 4.31. The Hall–Kier alpha value is -1.13. The van der Waals surface area contributed by atoms with E-state index < -0.39 is 0 Å². The molecule has 0 radical (unpaired) electrons. The largest absolute Gasteiger partial charge is 0.384 e. The summed E-state index contributed by atoms with van der Waals surface area (Å²) in [4.78, 5) is 2.37. The predicted molar refractivity (Wildman–Crippen MR) is 85.2 cm³/mol. The Bertz CT molecular complexity index is 450. The van der Waals surface area contributed by atoms with Crippen molar-refractivity contribution in [1.29, 1.82) is 0 Å². The van der Waals surface area contributed by atoms with E-state index in [1.54, 1.807) is 19.2 Å². The van der Waals surface area contributed by atoms with Crippen molar-refractivity contribution in [1.82, 2.24) is 0 Å². The fourth-order valence-electron chi connectivity index (χ4n) is 3.11. The summed E-state index contributed by atoms with van der Waals surface area (Å²) in [5, 5.41) is 0. The van der Waals surface area contributed by atoms with Crippen LogP contribution in [0.2, 0.25) is 0 Å². The molecule has 2 N–H and O–H groups in total. The predicted octanol–water partition coefficient (Wildman–Crippen LogP) is 2.97. The van der Waals surface area contributed by atoms with Gasteiger partial charge in [-0.15, -0.1) is 0 Å². The summed E-state index contributed by atoms with van der Waals surface area (Å²) in [5.74, 6) is 0.379. The Morgan fingerprint density at radius 1 is 1.48 bits per heavy atom. The third-order valence-electron chi connectivity index (χ3n) is 4.31. The second-order valence-electron chi connectivity index (χ2n) is 6.06. The van der Waals surface area contributed by atoms with Gasteiger partial charge in [0.15, 0.2) is 0 Å². The van der Waals surface area contributed by atoms with Gasteiger partial charge in [0.25, 0.3) is 0 Å². The SMILES string of the molecule is CCC(N)Cc1cc(F)ccc1N1CCCC(COC)C1. The van der Waals surface area contributed by atoms with Crippen LogP contribution in [0.15, 0.2) is 18.2 Å². The lowest BCUT2D eigenvalue weighted by atomic mass is 9.96. The van der Waals surface area contributed by atoms with E-state index in [0.717, 1.165) is 50.2 Å². The summed E-state index contributed by atoms with van der Waals surface area (Å²) in [7, 11) is 1.75. The molecule has 2 unspecified atom stereocenters. The fourth-order valence-corrected chi connectivity index (χ4v) is 3.11. The molecule has 0 spiro atoms. The maximum absolute atomic E-state index is 13.6. The number of methoxy groups -OCH3 is 1. The normalized spacial score (nSPS) is 20.6. The number of benzene rings is 1. The van der Waals surface area contributed by atoms with E-state index in [-0.39, 0.29) is 11.9 Å². The minimum Gasteiger partial charge on any atom is -0.384 e. The topological polar surface area (TPSA) is 38.5 Å². The van der Waals surface area contributed by atoms with Gasteiger partial charge in [0.2, 0.25) is 0 Å². The number of nitrogens with zero attached hydrogens (tertiary/aromatic N) is 1. The number of halogens is 1. The van der Waals surface area contributed by atoms with Gasteiger partial charge >= 0.3 is 0 Å². The Labute approximate surface area is 127 Å². The lowest BCUT2D eigenvalue weighted by molar-refractivity contribution is 0.143. The maximum Gasteiger partial charge on any atom is 0.123 e. The van der Waals surface area contributed by atoms with Crippen molar-refractivity contribution in [2.45, 2.75) is 38.6 Å². The highest BCUT2D eigenvalue weighted by atomic mass is 19.1. The number of piperidine rings is 1. The van der Waals surface area contributed by atoms with Gasteiger partial charge in [-0.05, 0) is 55.4 Å². The summed E-state index contributed by atoms with van der Waals surface area (Å²) < 4.78 is 18.9. The number of nitrogens with two attached hydrogens (primary N) is 1. The number of hydrogen-bond acceptors (Lipinski definition) is 3. The quantitative estimate of drug-likeness (QED) is 0.876. The van der Waals surface area contributed by atoms with E-state index in [1.807, 2.05) is 6.07 Å². The molecule has 1 aliphatic heterocycles. The molecule has 2 rings (SSSR count). The van der Waals surface area contributed by atoms with Crippen LogP contribution in [0.1, 0.15) is 31.7 Å². The van der Waals surface area contributed by atoms with Crippen LogP contribution in [0, 0.1) is 11.7 Å². The molecule has 0 aromatic heterocycles. The second kappa shape index (κ2) is 7.76. The van der Waals surface area contributed by atoms with Gasteiger partial charge in [-0.3, -0.25) is 0 Å². The van der Waals surface area contributed by atoms with Crippen LogP contribution in [-0.4, -0.2) is 32.8 Å². The summed E-state index contributed by atoms with van der Waals surface area (Å²) >= 11 is 0. The van der Waals surface area contributed by atoms with Crippen LogP contribution >= 0.6 is 0 Å². The molecule has 21 heavy (non-hydrogen) atoms. The number of hydrogen-bond donors (Lipinski definition) is 1. The molecule has 1 aromatic carbocycles. The molecule has 1 aromatic rings. The Balaban J connectivity index is 2.17. The van der Waals surface area contributed by atoms with Gasteiger partial charge in [-0.1, -0.05) is 6.92 Å². The van der Waals surface area contributed by atoms with Gasteiger partial charge in [-0.2, -0.15) is 0 Å². The zero-order valence-corrected chi connectivity index (χ0v) is 13.1. The summed E-state index contributed by atoms with van der Waals surface area (Å²) in [5.41, 5.74) is 8.24. The fraction of sp³-hybridized carbons (Fsp3) is 0.647. The summed E-state index contributed by atoms with van der Waals surface area (Å²) in [6, 6.07) is 5.19. The monoisotopic (exact) mass is 294 g/mol. The zero-order valence-electron chi connectivity index (χ0n) is 13.1. The molecule has 0 bridgehead atoms. The van der Waals surface area contributed by atoms with Gasteiger partial charge in [-0.25, -0.2) is 4.39 Å². The lowest BCUT2D eigenvalue weighted by Gasteiger charge is -2.35. The number of anilines is 1. The van der Waals surface area contributed by atoms with E-state index in [2.05, 4.69) is 11.8 Å². The molecule has 2 atom stereocenters. The molecule has 0 amide bonds. The van der Waals surface area contributed by atoms with Gasteiger partial charge in [0.1, 0.15) is 5.82 Å². The molecule has 4 heteroatoms. The Morgan fingerprint density at radius 3 is 3.00 bits per heavy atom. The average Bonchev–Trinajstić information content (AvgIpc) is 2.48. The molecule has 1 heterocycles. The molecule has 1 aliphatic rings. The highest BCUT2D eigenvalue weighted by Crippen LogP contribution is 2.28. The minimum absolute atomic E-state index is 0.0881. The van der Waals surface area contributed by atoms with Crippen LogP contribution in [0.4, 0.5) is 10.1 Å². The zero-order chi connectivity index (χ0) is 15.2. The molecule has 1 fully saturated rings. The molecular formula is C17H27FN2O. The standard InChI is InChI=1S/C17H27FN2O/c1-3-16(19)10-14-9-15(18)6-7-17(14)20-8-4-5-13(11-20)12-21-2/h6-7,9,13,16H,3-5,8,10-12,19H2,1-2H3. The summed E-state index contributed by atoms with van der Waals surface area (Å²) in [6.45, 7) is 4.87. The van der Waals surface area contributed by atoms with Crippen molar-refractivity contribution in [3.8, 4) is 0 Å². The highest BCUT2D eigenvalue weighted by Gasteiger charge is 2.22. The van der Waals surface area contributed by atoms with Crippen LogP contribution in [0.25, 0.3) is 0 Å². The van der Waals surface area contributed by atoms with Crippen molar-refractivity contribution in [2.24, 2.45) is 11.7 Å². The first-order valence-electron chi connectivity index (χ1n) is 7.92. The first-order valence-corrected chi connectivity index (χ1v) is 7.92. The van der Waals surface area contributed by atoms with Crippen LogP contribution in [-0.2, 0) is 11.2 Å². The van der Waals surface area contributed by atoms with E-state index in [0.29, 0.717) is 5.92 Å². The third kappa shape index (κ3) is 4.42. The van der Waals surface area contributed by atoms with Crippen molar-refractivity contribution >= 4 is 5.69 Å². The Morgan fingerprint density at radius 2 is 2.29 bits per heavy atom. The van der Waals surface area contributed by atoms with Gasteiger partial charge in [0, 0.05) is 31.9 Å². The maximum atomic E-state index is 13.6. The van der Waals surface area contributed by atoms with Crippen LogP contribution in [0.3, 0.4) is 0 Å². The van der Waals surface area contributed by atoms with Crippen molar-refractivity contribution in [3.05, 3.63) is 29.6 Å². The van der Waals surface area contributed by atoms with Crippen LogP contribution in [0.5, 0.6) is 0 Å². The van der Waals surface area contributed by atoms with Crippen LogP contribution < -0.4 is 10.6 Å². The second-order valence-corrected chi connectivity index (χ2v) is 6.06. The van der Waals surface area contributed by atoms with Crippen molar-refractivity contribution < 1.29 is 9.13 Å². The van der Waals surface area contributed by atoms with Crippen molar-refractivity contribution in [3.63, 3.8) is 0 Å².